The van der Waals surface area contributed by atoms with Gasteiger partial charge in [0.25, 0.3) is 11.8 Å². The van der Waals surface area contributed by atoms with E-state index < -0.39 is 0 Å². The number of aliphatic hydroxyl groups excluding tert-OH is 1. The van der Waals surface area contributed by atoms with E-state index >= 15 is 0 Å². The van der Waals surface area contributed by atoms with Gasteiger partial charge in [-0.2, -0.15) is 0 Å². The molecule has 1 unspecified atom stereocenters. The van der Waals surface area contributed by atoms with Crippen LogP contribution in [0, 0.1) is 26.2 Å². The molecule has 0 radical (unpaired) electrons. The number of amides is 2. The standard InChI is InChI=1S/C26H36N2O4/c1-8-23(26(5,6)7)28(25(31)20-15-17(2)14-18(3)16-20)27-24(30)21-10-9-11-22(19(21)4)32-13-12-29/h9-11,14-16,23,29H,8,12-13H2,1-7H3,(H,27,30). The van der Waals surface area contributed by atoms with Crippen LogP contribution in [0.2, 0.25) is 0 Å². The molecule has 32 heavy (non-hydrogen) atoms. The number of aliphatic hydroxyl groups is 1. The number of carbonyl (C=O) groups excluding carboxylic acids is 2. The molecule has 6 heteroatoms. The Morgan fingerprint density at radius 3 is 2.25 bits per heavy atom. The fourth-order valence-corrected chi connectivity index (χ4v) is 4.03. The minimum Gasteiger partial charge on any atom is -0.491 e. The molecule has 2 rings (SSSR count). The lowest BCUT2D eigenvalue weighted by Gasteiger charge is -2.39. The predicted octanol–water partition coefficient (Wildman–Crippen LogP) is 4.59. The summed E-state index contributed by atoms with van der Waals surface area (Å²) in [6.45, 7) is 13.9. The van der Waals surface area contributed by atoms with Crippen molar-refractivity contribution < 1.29 is 19.4 Å². The highest BCUT2D eigenvalue weighted by atomic mass is 16.5. The summed E-state index contributed by atoms with van der Waals surface area (Å²) < 4.78 is 5.54. The Morgan fingerprint density at radius 2 is 1.72 bits per heavy atom. The van der Waals surface area contributed by atoms with Gasteiger partial charge in [0.05, 0.1) is 12.6 Å². The fourth-order valence-electron chi connectivity index (χ4n) is 4.03. The average Bonchev–Trinajstić information content (AvgIpc) is 2.70. The summed E-state index contributed by atoms with van der Waals surface area (Å²) in [7, 11) is 0. The van der Waals surface area contributed by atoms with E-state index in [-0.39, 0.29) is 36.5 Å². The highest BCUT2D eigenvalue weighted by molar-refractivity contribution is 6.00. The van der Waals surface area contributed by atoms with Crippen molar-refractivity contribution in [1.29, 1.82) is 0 Å². The molecule has 0 aliphatic rings. The molecule has 0 aliphatic heterocycles. The monoisotopic (exact) mass is 440 g/mol. The van der Waals surface area contributed by atoms with Gasteiger partial charge in [0.1, 0.15) is 12.4 Å². The average molecular weight is 441 g/mol. The van der Waals surface area contributed by atoms with Gasteiger partial charge in [-0.15, -0.1) is 0 Å². The largest absolute Gasteiger partial charge is 0.491 e. The van der Waals surface area contributed by atoms with Crippen molar-refractivity contribution in [2.24, 2.45) is 5.41 Å². The first-order valence-corrected chi connectivity index (χ1v) is 11.1. The van der Waals surface area contributed by atoms with Crippen molar-refractivity contribution in [2.45, 2.75) is 60.9 Å². The van der Waals surface area contributed by atoms with Crippen molar-refractivity contribution in [3.8, 4) is 5.75 Å². The highest BCUT2D eigenvalue weighted by Gasteiger charge is 2.34. The Balaban J connectivity index is 2.45. The molecule has 0 aliphatic carbocycles. The van der Waals surface area contributed by atoms with Gasteiger partial charge in [-0.1, -0.05) is 51.0 Å². The Labute approximate surface area is 191 Å². The zero-order chi connectivity index (χ0) is 24.1. The zero-order valence-corrected chi connectivity index (χ0v) is 20.3. The molecule has 6 nitrogen and oxygen atoms in total. The number of ether oxygens (including phenoxy) is 1. The molecule has 0 bridgehead atoms. The molecule has 0 heterocycles. The maximum atomic E-state index is 13.6. The van der Waals surface area contributed by atoms with Crippen LogP contribution in [-0.2, 0) is 0 Å². The van der Waals surface area contributed by atoms with E-state index in [2.05, 4.69) is 26.2 Å². The topological polar surface area (TPSA) is 78.9 Å². The number of nitrogens with one attached hydrogen (secondary N) is 1. The van der Waals surface area contributed by atoms with E-state index in [4.69, 9.17) is 9.84 Å². The lowest BCUT2D eigenvalue weighted by Crippen LogP contribution is -2.56. The van der Waals surface area contributed by atoms with E-state index in [1.807, 2.05) is 39.0 Å². The van der Waals surface area contributed by atoms with Crippen LogP contribution in [0.4, 0.5) is 0 Å². The summed E-state index contributed by atoms with van der Waals surface area (Å²) in [5.74, 6) is -0.0867. The third kappa shape index (κ3) is 6.10. The summed E-state index contributed by atoms with van der Waals surface area (Å²) in [4.78, 5) is 26.9. The van der Waals surface area contributed by atoms with Gasteiger partial charge in [0.15, 0.2) is 0 Å². The number of hydrogen-bond acceptors (Lipinski definition) is 4. The zero-order valence-electron chi connectivity index (χ0n) is 20.3. The summed E-state index contributed by atoms with van der Waals surface area (Å²) in [6.07, 6.45) is 0.680. The number of hydrogen-bond donors (Lipinski definition) is 2. The van der Waals surface area contributed by atoms with E-state index in [1.54, 1.807) is 25.1 Å². The predicted molar refractivity (Wildman–Crippen MR) is 127 cm³/mol. The number of benzene rings is 2. The Morgan fingerprint density at radius 1 is 1.09 bits per heavy atom. The van der Waals surface area contributed by atoms with Crippen molar-refractivity contribution in [1.82, 2.24) is 10.4 Å². The molecule has 0 fully saturated rings. The van der Waals surface area contributed by atoms with Crippen LogP contribution in [0.5, 0.6) is 5.75 Å². The normalized spacial score (nSPS) is 12.2. The Kier molecular flexibility index (Phi) is 8.44. The molecule has 2 aromatic carbocycles. The van der Waals surface area contributed by atoms with Crippen molar-refractivity contribution in [2.75, 3.05) is 13.2 Å². The van der Waals surface area contributed by atoms with E-state index in [1.165, 1.54) is 5.01 Å². The molecule has 0 saturated heterocycles. The Bertz CT molecular complexity index is 943. The third-order valence-electron chi connectivity index (χ3n) is 5.49. The molecule has 174 valence electrons. The van der Waals surface area contributed by atoms with E-state index in [0.717, 1.165) is 11.1 Å². The maximum Gasteiger partial charge on any atom is 0.272 e. The number of aryl methyl sites for hydroxylation is 2. The van der Waals surface area contributed by atoms with Crippen LogP contribution in [-0.4, -0.2) is 41.2 Å². The second kappa shape index (κ2) is 10.6. The Hall–Kier alpha value is -2.86. The van der Waals surface area contributed by atoms with Gasteiger partial charge in [-0.05, 0) is 56.9 Å². The lowest BCUT2D eigenvalue weighted by molar-refractivity contribution is 0.0284. The molecule has 0 aromatic heterocycles. The molecule has 2 aromatic rings. The van der Waals surface area contributed by atoms with Gasteiger partial charge in [-0.25, -0.2) is 5.01 Å². The molecule has 2 N–H and O–H groups in total. The van der Waals surface area contributed by atoms with Gasteiger partial charge in [0, 0.05) is 16.7 Å². The smallest absolute Gasteiger partial charge is 0.272 e. The maximum absolute atomic E-state index is 13.6. The molecular formula is C26H36N2O4. The van der Waals surface area contributed by atoms with Crippen LogP contribution in [0.1, 0.15) is 71.5 Å². The second-order valence-corrected chi connectivity index (χ2v) is 9.28. The van der Waals surface area contributed by atoms with Gasteiger partial charge >= 0.3 is 0 Å². The van der Waals surface area contributed by atoms with E-state index in [9.17, 15) is 9.59 Å². The first-order chi connectivity index (χ1) is 15.0. The second-order valence-electron chi connectivity index (χ2n) is 9.28. The van der Waals surface area contributed by atoms with Crippen molar-refractivity contribution in [3.63, 3.8) is 0 Å². The molecule has 1 atom stereocenters. The summed E-state index contributed by atoms with van der Waals surface area (Å²) in [6, 6.07) is 10.7. The van der Waals surface area contributed by atoms with Gasteiger partial charge in [-0.3, -0.25) is 15.0 Å². The molecule has 2 amide bonds. The quantitative estimate of drug-likeness (QED) is 0.617. The van der Waals surface area contributed by atoms with Gasteiger partial charge in [0.2, 0.25) is 0 Å². The minimum absolute atomic E-state index is 0.113. The molecule has 0 spiro atoms. The number of nitrogens with zero attached hydrogens (tertiary/aromatic N) is 1. The number of carbonyl (C=O) groups is 2. The van der Waals surface area contributed by atoms with Crippen LogP contribution in [0.25, 0.3) is 0 Å². The lowest BCUT2D eigenvalue weighted by atomic mass is 9.84. The first kappa shape index (κ1) is 25.4. The van der Waals surface area contributed by atoms with Gasteiger partial charge < -0.3 is 9.84 Å². The van der Waals surface area contributed by atoms with Crippen molar-refractivity contribution in [3.05, 3.63) is 64.2 Å². The van der Waals surface area contributed by atoms with Crippen LogP contribution in [0.15, 0.2) is 36.4 Å². The summed E-state index contributed by atoms with van der Waals surface area (Å²) in [5.41, 5.74) is 6.24. The first-order valence-electron chi connectivity index (χ1n) is 11.1. The number of rotatable bonds is 7. The fraction of sp³-hybridized carbons (Fsp3) is 0.462. The van der Waals surface area contributed by atoms with Crippen LogP contribution in [0.3, 0.4) is 0 Å². The highest BCUT2D eigenvalue weighted by Crippen LogP contribution is 2.28. The third-order valence-corrected chi connectivity index (χ3v) is 5.49. The van der Waals surface area contributed by atoms with Crippen LogP contribution < -0.4 is 10.2 Å². The molecular weight excluding hydrogens is 404 g/mol. The van der Waals surface area contributed by atoms with Crippen molar-refractivity contribution >= 4 is 11.8 Å². The van der Waals surface area contributed by atoms with E-state index in [0.29, 0.717) is 28.9 Å². The number of hydrazine groups is 1. The summed E-state index contributed by atoms with van der Waals surface area (Å²) in [5, 5.41) is 10.5. The SMILES string of the molecule is CCC(N(NC(=O)c1cccc(OCCO)c1C)C(=O)c1cc(C)cc(C)c1)C(C)(C)C. The summed E-state index contributed by atoms with van der Waals surface area (Å²) >= 11 is 0. The minimum atomic E-state index is -0.377. The van der Waals surface area contributed by atoms with Crippen LogP contribution >= 0.6 is 0 Å². The molecule has 0 saturated carbocycles.